The molecular weight excluding hydrogens is 528 g/mol. The van der Waals surface area contributed by atoms with Crippen molar-refractivity contribution in [3.8, 4) is 5.75 Å². The fourth-order valence-electron chi connectivity index (χ4n) is 7.61. The molecule has 6 atom stereocenters. The maximum absolute atomic E-state index is 13.2. The van der Waals surface area contributed by atoms with Crippen molar-refractivity contribution in [1.82, 2.24) is 4.72 Å². The quantitative estimate of drug-likeness (QED) is 0.349. The number of aliphatic hydroxyl groups is 1. The summed E-state index contributed by atoms with van der Waals surface area (Å²) in [6, 6.07) is 12.3. The van der Waals surface area contributed by atoms with Crippen molar-refractivity contribution < 1.29 is 14.6 Å². The van der Waals surface area contributed by atoms with Crippen molar-refractivity contribution in [2.45, 2.75) is 70.3 Å². The molecule has 0 unspecified atom stereocenters. The minimum Gasteiger partial charge on any atom is -0.490 e. The summed E-state index contributed by atoms with van der Waals surface area (Å²) in [5.41, 5.74) is 4.20. The van der Waals surface area contributed by atoms with Crippen LogP contribution in [0.15, 0.2) is 36.4 Å². The minimum absolute atomic E-state index is 0.0522. The molecule has 0 radical (unpaired) electrons. The van der Waals surface area contributed by atoms with E-state index in [0.717, 1.165) is 80.2 Å². The number of amides is 1. The first-order valence-corrected chi connectivity index (χ1v) is 16.1. The second-order valence-corrected chi connectivity index (χ2v) is 14.0. The zero-order valence-electron chi connectivity index (χ0n) is 23.1. The first-order valence-electron chi connectivity index (χ1n) is 14.7. The van der Waals surface area contributed by atoms with E-state index in [1.165, 1.54) is 23.1 Å². The molecule has 4 aliphatic rings. The van der Waals surface area contributed by atoms with Gasteiger partial charge in [-0.25, -0.2) is 0 Å². The van der Waals surface area contributed by atoms with Crippen molar-refractivity contribution in [3.05, 3.63) is 58.1 Å². The van der Waals surface area contributed by atoms with E-state index in [-0.39, 0.29) is 17.4 Å². The van der Waals surface area contributed by atoms with Crippen LogP contribution in [0.5, 0.6) is 5.75 Å². The van der Waals surface area contributed by atoms with Crippen molar-refractivity contribution in [2.24, 2.45) is 23.7 Å². The van der Waals surface area contributed by atoms with Crippen LogP contribution in [-0.4, -0.2) is 42.6 Å². The Morgan fingerprint density at radius 3 is 2.82 bits per heavy atom. The molecule has 1 amide bonds. The lowest BCUT2D eigenvalue weighted by Crippen LogP contribution is -2.49. The van der Waals surface area contributed by atoms with Crippen LogP contribution in [0.1, 0.15) is 73.9 Å². The van der Waals surface area contributed by atoms with Crippen LogP contribution >= 0.6 is 23.5 Å². The van der Waals surface area contributed by atoms with Crippen molar-refractivity contribution in [3.63, 3.8) is 0 Å². The number of benzene rings is 2. The zero-order valence-corrected chi connectivity index (χ0v) is 24.7. The molecule has 0 saturated heterocycles. The smallest absolute Gasteiger partial charge is 0.261 e. The van der Waals surface area contributed by atoms with Gasteiger partial charge in [0.25, 0.3) is 5.91 Å². The highest BCUT2D eigenvalue weighted by Gasteiger charge is 2.44. The van der Waals surface area contributed by atoms with Gasteiger partial charge in [0, 0.05) is 34.8 Å². The molecule has 7 heteroatoms. The van der Waals surface area contributed by atoms with E-state index in [9.17, 15) is 9.90 Å². The second kappa shape index (κ2) is 11.2. The van der Waals surface area contributed by atoms with Gasteiger partial charge in [0.1, 0.15) is 5.75 Å². The molecule has 0 aromatic heterocycles. The van der Waals surface area contributed by atoms with E-state index < -0.39 is 0 Å². The fraction of sp³-hybridized carbons (Fsp3) is 0.594. The maximum atomic E-state index is 13.2. The zero-order chi connectivity index (χ0) is 27.1. The molecule has 2 N–H and O–H groups in total. The molecule has 39 heavy (non-hydrogen) atoms. The Balaban J connectivity index is 1.38. The van der Waals surface area contributed by atoms with Gasteiger partial charge in [0.05, 0.1) is 18.4 Å². The Morgan fingerprint density at radius 2 is 2.00 bits per heavy atom. The standard InChI is InChI=1S/C32H41ClN2O3S/c1-20-12-21(2)17-39-34-31(37)23-6-10-30-28(15-23)35(16-24-5-8-26(24)29(36)13-20)18-32(19-38-30)11-3-4-22-14-25(33)7-9-27(22)32/h6-7,9-10,14-15,20-21,24,26,29,36H,3-5,8,11-13,16-19H2,1-2H3,(H,34,37)/t20-,21-,24-,26+,29+,32-/m0/s1. The van der Waals surface area contributed by atoms with Crippen LogP contribution in [0.25, 0.3) is 0 Å². The number of ether oxygens (including phenoxy) is 1. The van der Waals surface area contributed by atoms with Crippen LogP contribution in [0, 0.1) is 23.7 Å². The number of anilines is 1. The van der Waals surface area contributed by atoms with Crippen LogP contribution in [0.3, 0.4) is 0 Å². The Hall–Kier alpha value is -1.89. The molecule has 1 spiro atoms. The molecule has 2 aliphatic heterocycles. The Bertz CT molecular complexity index is 1220. The number of halogens is 1. The van der Waals surface area contributed by atoms with Gasteiger partial charge >= 0.3 is 0 Å². The number of rotatable bonds is 0. The summed E-state index contributed by atoms with van der Waals surface area (Å²) in [7, 11) is 0. The number of aliphatic hydroxyl groups excluding tert-OH is 1. The highest BCUT2D eigenvalue weighted by atomic mass is 35.5. The number of aryl methyl sites for hydroxylation is 1. The summed E-state index contributed by atoms with van der Waals surface area (Å²) < 4.78 is 9.67. The summed E-state index contributed by atoms with van der Waals surface area (Å²) in [5, 5.41) is 12.1. The Morgan fingerprint density at radius 1 is 1.13 bits per heavy atom. The van der Waals surface area contributed by atoms with Gasteiger partial charge in [-0.1, -0.05) is 31.5 Å². The molecule has 2 aromatic rings. The number of nitrogens with one attached hydrogen (secondary N) is 1. The van der Waals surface area contributed by atoms with Crippen LogP contribution in [0.2, 0.25) is 5.02 Å². The van der Waals surface area contributed by atoms with E-state index >= 15 is 0 Å². The maximum Gasteiger partial charge on any atom is 0.261 e. The highest BCUT2D eigenvalue weighted by molar-refractivity contribution is 7.97. The first kappa shape index (κ1) is 27.3. The van der Waals surface area contributed by atoms with Crippen molar-refractivity contribution >= 4 is 35.1 Å². The number of fused-ring (bicyclic) bond motifs is 4. The SMILES string of the molecule is C[C@@H]1CSNC(=O)c2ccc3c(c2)N(C[C@@H]2CC[C@H]2[C@H](O)C[C@@H](C)C1)C[C@@]1(CCCc2cc(Cl)ccc21)CO3. The monoisotopic (exact) mass is 568 g/mol. The Kier molecular flexibility index (Phi) is 7.82. The minimum atomic E-state index is -0.258. The first-order chi connectivity index (χ1) is 18.8. The summed E-state index contributed by atoms with van der Waals surface area (Å²) in [6.07, 6.45) is 7.09. The van der Waals surface area contributed by atoms with Crippen LogP contribution in [0.4, 0.5) is 5.69 Å². The summed E-state index contributed by atoms with van der Waals surface area (Å²) in [6.45, 7) is 6.81. The molecule has 2 heterocycles. The average molecular weight is 569 g/mol. The average Bonchev–Trinajstić information content (AvgIpc) is 3.02. The molecule has 1 fully saturated rings. The molecule has 210 valence electrons. The largest absolute Gasteiger partial charge is 0.490 e. The van der Waals surface area contributed by atoms with Gasteiger partial charge in [-0.15, -0.1) is 0 Å². The number of nitrogens with zero attached hydrogens (tertiary/aromatic N) is 1. The predicted molar refractivity (Wildman–Crippen MR) is 160 cm³/mol. The lowest BCUT2D eigenvalue weighted by molar-refractivity contribution is 0.000600. The molecule has 2 aliphatic carbocycles. The summed E-state index contributed by atoms with van der Waals surface area (Å²) in [5.74, 6) is 3.35. The molecule has 2 bridgehead atoms. The van der Waals surface area contributed by atoms with E-state index in [0.29, 0.717) is 35.8 Å². The van der Waals surface area contributed by atoms with E-state index in [4.69, 9.17) is 16.3 Å². The fourth-order valence-corrected chi connectivity index (χ4v) is 8.56. The lowest BCUT2D eigenvalue weighted by Gasteiger charge is -2.46. The number of carbonyl (C=O) groups excluding carboxylic acids is 1. The number of hydrogen-bond acceptors (Lipinski definition) is 5. The van der Waals surface area contributed by atoms with E-state index in [1.54, 1.807) is 0 Å². The van der Waals surface area contributed by atoms with Crippen molar-refractivity contribution in [2.75, 3.05) is 30.3 Å². The molecule has 5 nitrogen and oxygen atoms in total. The van der Waals surface area contributed by atoms with Gasteiger partial charge in [0.2, 0.25) is 0 Å². The van der Waals surface area contributed by atoms with E-state index in [1.807, 2.05) is 24.3 Å². The van der Waals surface area contributed by atoms with Gasteiger partial charge in [-0.05, 0) is 122 Å². The van der Waals surface area contributed by atoms with Gasteiger partial charge in [0.15, 0.2) is 0 Å². The van der Waals surface area contributed by atoms with Crippen molar-refractivity contribution in [1.29, 1.82) is 0 Å². The van der Waals surface area contributed by atoms with Gasteiger partial charge in [-0.3, -0.25) is 9.52 Å². The molecular formula is C32H41ClN2O3S. The van der Waals surface area contributed by atoms with E-state index in [2.05, 4.69) is 35.6 Å². The highest BCUT2D eigenvalue weighted by Crippen LogP contribution is 2.47. The number of hydrogen-bond donors (Lipinski definition) is 2. The lowest BCUT2D eigenvalue weighted by atomic mass is 9.67. The van der Waals surface area contributed by atoms with Gasteiger partial charge in [-0.2, -0.15) is 0 Å². The molecule has 6 rings (SSSR count). The topological polar surface area (TPSA) is 61.8 Å². The van der Waals surface area contributed by atoms with Gasteiger partial charge < -0.3 is 14.7 Å². The third kappa shape index (κ3) is 5.54. The predicted octanol–water partition coefficient (Wildman–Crippen LogP) is 6.64. The third-order valence-corrected chi connectivity index (χ3v) is 11.0. The normalized spacial score (nSPS) is 33.2. The molecule has 1 saturated carbocycles. The Labute approximate surface area is 242 Å². The molecule has 2 aromatic carbocycles. The van der Waals surface area contributed by atoms with Crippen LogP contribution in [-0.2, 0) is 11.8 Å². The number of carbonyl (C=O) groups is 1. The van der Waals surface area contributed by atoms with Crippen LogP contribution < -0.4 is 14.4 Å². The summed E-state index contributed by atoms with van der Waals surface area (Å²) in [4.78, 5) is 15.7. The third-order valence-electron chi connectivity index (χ3n) is 9.71. The summed E-state index contributed by atoms with van der Waals surface area (Å²) >= 11 is 7.90. The second-order valence-electron chi connectivity index (χ2n) is 12.8.